The van der Waals surface area contributed by atoms with Crippen LogP contribution in [0.25, 0.3) is 76.2 Å². The second-order valence-corrected chi connectivity index (χ2v) is 12.5. The van der Waals surface area contributed by atoms with E-state index in [0.717, 1.165) is 39.0 Å². The Hall–Kier alpha value is -6.38. The summed E-state index contributed by atoms with van der Waals surface area (Å²) >= 11 is 0. The fourth-order valence-corrected chi connectivity index (χ4v) is 7.52. The fourth-order valence-electron chi connectivity index (χ4n) is 7.52. The van der Waals surface area contributed by atoms with Crippen LogP contribution in [0.5, 0.6) is 0 Å². The highest BCUT2D eigenvalue weighted by atomic mass is 16.3. The zero-order valence-electron chi connectivity index (χ0n) is 26.1. The number of furan rings is 1. The molecule has 0 spiro atoms. The van der Waals surface area contributed by atoms with Crippen LogP contribution < -0.4 is 4.90 Å². The fraction of sp³-hybridized carbons (Fsp3) is 0. The van der Waals surface area contributed by atoms with E-state index in [0.29, 0.717) is 0 Å². The Morgan fingerprint density at radius 2 is 0.896 bits per heavy atom. The molecule has 0 unspecified atom stereocenters. The number of benzene rings is 9. The minimum atomic E-state index is 0.880. The van der Waals surface area contributed by atoms with Gasteiger partial charge in [-0.05, 0) is 109 Å². The van der Waals surface area contributed by atoms with Gasteiger partial charge in [0.1, 0.15) is 11.2 Å². The molecule has 1 aromatic heterocycles. The highest BCUT2D eigenvalue weighted by Crippen LogP contribution is 2.43. The molecule has 0 aliphatic rings. The van der Waals surface area contributed by atoms with Crippen molar-refractivity contribution in [3.8, 4) is 11.1 Å². The summed E-state index contributed by atoms with van der Waals surface area (Å²) in [6.45, 7) is 0. The number of rotatable bonds is 4. The number of hydrogen-bond donors (Lipinski definition) is 0. The lowest BCUT2D eigenvalue weighted by Gasteiger charge is -2.26. The molecule has 0 aliphatic heterocycles. The van der Waals surface area contributed by atoms with Gasteiger partial charge >= 0.3 is 0 Å². The first-order chi connectivity index (χ1) is 23.8. The van der Waals surface area contributed by atoms with E-state index in [9.17, 15) is 0 Å². The first kappa shape index (κ1) is 26.8. The third kappa shape index (κ3) is 4.20. The predicted molar refractivity (Wildman–Crippen MR) is 204 cm³/mol. The lowest BCUT2D eigenvalue weighted by molar-refractivity contribution is 0.669. The van der Waals surface area contributed by atoms with Crippen molar-refractivity contribution in [3.63, 3.8) is 0 Å². The SMILES string of the molecule is c1ccc(N(c2ccc3ccc4ccccc4c3c2)c2ccc3oc4cccc(-c5ccc6ccc7ccccc7c6c5)c4c3c2)cc1. The van der Waals surface area contributed by atoms with Gasteiger partial charge < -0.3 is 9.32 Å². The zero-order valence-corrected chi connectivity index (χ0v) is 26.1. The van der Waals surface area contributed by atoms with E-state index in [1.54, 1.807) is 0 Å². The highest BCUT2D eigenvalue weighted by molar-refractivity contribution is 6.15. The number of nitrogens with zero attached hydrogens (tertiary/aromatic N) is 1. The van der Waals surface area contributed by atoms with Crippen molar-refractivity contribution in [1.29, 1.82) is 0 Å². The minimum Gasteiger partial charge on any atom is -0.456 e. The van der Waals surface area contributed by atoms with Gasteiger partial charge in [0.25, 0.3) is 0 Å². The third-order valence-electron chi connectivity index (χ3n) is 9.80. The van der Waals surface area contributed by atoms with Gasteiger partial charge in [-0.15, -0.1) is 0 Å². The Bertz CT molecular complexity index is 2850. The third-order valence-corrected chi connectivity index (χ3v) is 9.80. The van der Waals surface area contributed by atoms with Crippen molar-refractivity contribution in [2.24, 2.45) is 0 Å². The first-order valence-corrected chi connectivity index (χ1v) is 16.4. The summed E-state index contributed by atoms with van der Waals surface area (Å²) in [6.07, 6.45) is 0. The summed E-state index contributed by atoms with van der Waals surface area (Å²) in [5, 5.41) is 12.2. The van der Waals surface area contributed by atoms with Crippen LogP contribution in [0.15, 0.2) is 180 Å². The molecule has 0 radical (unpaired) electrons. The van der Waals surface area contributed by atoms with Gasteiger partial charge in [0, 0.05) is 27.8 Å². The largest absolute Gasteiger partial charge is 0.456 e. The molecular formula is C46H29NO. The molecule has 9 aromatic carbocycles. The molecule has 48 heavy (non-hydrogen) atoms. The second-order valence-electron chi connectivity index (χ2n) is 12.5. The van der Waals surface area contributed by atoms with Crippen LogP contribution >= 0.6 is 0 Å². The van der Waals surface area contributed by atoms with Gasteiger partial charge in [-0.2, -0.15) is 0 Å². The van der Waals surface area contributed by atoms with E-state index in [1.165, 1.54) is 54.2 Å². The van der Waals surface area contributed by atoms with Crippen LogP contribution in [0.2, 0.25) is 0 Å². The van der Waals surface area contributed by atoms with Gasteiger partial charge in [0.15, 0.2) is 0 Å². The van der Waals surface area contributed by atoms with Crippen molar-refractivity contribution in [1.82, 2.24) is 0 Å². The Balaban J connectivity index is 1.19. The Morgan fingerprint density at radius 3 is 1.62 bits per heavy atom. The standard InChI is InChI=1S/C46H29NO/c1-2-11-35(12-3-1)47(36-24-23-33-20-18-31-10-5-7-14-39(31)42(33)28-36)37-25-26-44-43(29-37)46-40(15-8-16-45(46)48-44)34-22-21-32-19-17-30-9-4-6-13-38(30)41(32)27-34/h1-29H. The molecule has 224 valence electrons. The number of para-hydroxylation sites is 1. The molecular weight excluding hydrogens is 583 g/mol. The lowest BCUT2D eigenvalue weighted by Crippen LogP contribution is -2.09. The first-order valence-electron chi connectivity index (χ1n) is 16.4. The summed E-state index contributed by atoms with van der Waals surface area (Å²) in [7, 11) is 0. The van der Waals surface area contributed by atoms with E-state index >= 15 is 0 Å². The van der Waals surface area contributed by atoms with Crippen molar-refractivity contribution in [3.05, 3.63) is 176 Å². The maximum Gasteiger partial charge on any atom is 0.136 e. The van der Waals surface area contributed by atoms with Gasteiger partial charge in [0.2, 0.25) is 0 Å². The van der Waals surface area contributed by atoms with Crippen molar-refractivity contribution < 1.29 is 4.42 Å². The Kier molecular flexibility index (Phi) is 5.91. The summed E-state index contributed by atoms with van der Waals surface area (Å²) in [6, 6.07) is 63.3. The second kappa shape index (κ2) is 10.6. The summed E-state index contributed by atoms with van der Waals surface area (Å²) in [4.78, 5) is 2.35. The number of anilines is 3. The Morgan fingerprint density at radius 1 is 0.333 bits per heavy atom. The average molecular weight is 612 g/mol. The summed E-state index contributed by atoms with van der Waals surface area (Å²) < 4.78 is 6.51. The van der Waals surface area contributed by atoms with Crippen molar-refractivity contribution in [2.45, 2.75) is 0 Å². The molecule has 0 fully saturated rings. The van der Waals surface area contributed by atoms with Gasteiger partial charge in [-0.3, -0.25) is 0 Å². The summed E-state index contributed by atoms with van der Waals surface area (Å²) in [5.41, 5.74) is 7.41. The van der Waals surface area contributed by atoms with E-state index in [4.69, 9.17) is 4.42 Å². The smallest absolute Gasteiger partial charge is 0.136 e. The molecule has 0 saturated heterocycles. The topological polar surface area (TPSA) is 16.4 Å². The Labute approximate surface area is 277 Å². The van der Waals surface area contributed by atoms with Crippen molar-refractivity contribution in [2.75, 3.05) is 4.90 Å². The van der Waals surface area contributed by atoms with Crippen molar-refractivity contribution >= 4 is 82.1 Å². The molecule has 2 heteroatoms. The van der Waals surface area contributed by atoms with Crippen LogP contribution in [0, 0.1) is 0 Å². The highest BCUT2D eigenvalue weighted by Gasteiger charge is 2.18. The van der Waals surface area contributed by atoms with E-state index in [1.807, 2.05) is 0 Å². The zero-order chi connectivity index (χ0) is 31.6. The molecule has 10 aromatic rings. The quantitative estimate of drug-likeness (QED) is 0.184. The van der Waals surface area contributed by atoms with Crippen LogP contribution in [0.4, 0.5) is 17.1 Å². The average Bonchev–Trinajstić information content (AvgIpc) is 3.53. The van der Waals surface area contributed by atoms with E-state index in [-0.39, 0.29) is 0 Å². The summed E-state index contributed by atoms with van der Waals surface area (Å²) in [5.74, 6) is 0. The normalized spacial score (nSPS) is 11.8. The number of fused-ring (bicyclic) bond motifs is 9. The van der Waals surface area contributed by atoms with E-state index in [2.05, 4.69) is 181 Å². The van der Waals surface area contributed by atoms with Crippen LogP contribution in [-0.2, 0) is 0 Å². The minimum absolute atomic E-state index is 0.880. The maximum absolute atomic E-state index is 6.51. The molecule has 10 rings (SSSR count). The van der Waals surface area contributed by atoms with Gasteiger partial charge in [-0.25, -0.2) is 0 Å². The molecule has 0 bridgehead atoms. The molecule has 0 atom stereocenters. The molecule has 1 heterocycles. The number of hydrogen-bond acceptors (Lipinski definition) is 2. The molecule has 0 N–H and O–H groups in total. The molecule has 0 saturated carbocycles. The molecule has 0 amide bonds. The monoisotopic (exact) mass is 611 g/mol. The lowest BCUT2D eigenvalue weighted by atomic mass is 9.95. The van der Waals surface area contributed by atoms with Gasteiger partial charge in [0.05, 0.1) is 0 Å². The van der Waals surface area contributed by atoms with Crippen LogP contribution in [0.1, 0.15) is 0 Å². The molecule has 2 nitrogen and oxygen atoms in total. The van der Waals surface area contributed by atoms with Crippen LogP contribution in [0.3, 0.4) is 0 Å². The predicted octanol–water partition coefficient (Wildman–Crippen LogP) is 13.3. The maximum atomic E-state index is 6.51. The van der Waals surface area contributed by atoms with E-state index < -0.39 is 0 Å². The van der Waals surface area contributed by atoms with Gasteiger partial charge in [-0.1, -0.05) is 121 Å². The molecule has 0 aliphatic carbocycles. The van der Waals surface area contributed by atoms with Crippen LogP contribution in [-0.4, -0.2) is 0 Å².